The molecular formula is C23H23ClN2O2S2. The van der Waals surface area contributed by atoms with Crippen LogP contribution in [-0.4, -0.2) is 29.6 Å². The monoisotopic (exact) mass is 458 g/mol. The molecule has 4 nitrogen and oxygen atoms in total. The summed E-state index contributed by atoms with van der Waals surface area (Å²) in [5.74, 6) is 1.88. The average molecular weight is 459 g/mol. The van der Waals surface area contributed by atoms with Crippen LogP contribution in [0.15, 0.2) is 77.7 Å². The first-order chi connectivity index (χ1) is 14.6. The van der Waals surface area contributed by atoms with Gasteiger partial charge in [-0.2, -0.15) is 0 Å². The Bertz CT molecular complexity index is 966. The highest BCUT2D eigenvalue weighted by atomic mass is 35.5. The first-order valence-electron chi connectivity index (χ1n) is 9.41. The van der Waals surface area contributed by atoms with Gasteiger partial charge in [-0.25, -0.2) is 0 Å². The van der Waals surface area contributed by atoms with Crippen LogP contribution in [0.2, 0.25) is 5.02 Å². The van der Waals surface area contributed by atoms with Crippen LogP contribution in [0.1, 0.15) is 5.56 Å². The van der Waals surface area contributed by atoms with E-state index in [1.165, 1.54) is 0 Å². The van der Waals surface area contributed by atoms with Crippen molar-refractivity contribution in [2.75, 3.05) is 24.3 Å². The van der Waals surface area contributed by atoms with Crippen LogP contribution < -0.4 is 15.0 Å². The first kappa shape index (κ1) is 22.3. The van der Waals surface area contributed by atoms with Crippen molar-refractivity contribution in [3.8, 4) is 11.5 Å². The molecule has 0 aliphatic heterocycles. The van der Waals surface area contributed by atoms with Crippen molar-refractivity contribution in [1.29, 1.82) is 0 Å². The third kappa shape index (κ3) is 6.29. The molecule has 0 radical (unpaired) electrons. The van der Waals surface area contributed by atoms with Gasteiger partial charge in [-0.05, 0) is 66.8 Å². The molecule has 0 amide bonds. The van der Waals surface area contributed by atoms with Gasteiger partial charge in [0, 0.05) is 33.5 Å². The van der Waals surface area contributed by atoms with Crippen molar-refractivity contribution in [2.24, 2.45) is 0 Å². The van der Waals surface area contributed by atoms with Crippen molar-refractivity contribution in [3.05, 3.63) is 83.4 Å². The predicted octanol–water partition coefficient (Wildman–Crippen LogP) is 5.73. The van der Waals surface area contributed by atoms with Crippen LogP contribution >= 0.6 is 35.6 Å². The van der Waals surface area contributed by atoms with E-state index in [9.17, 15) is 5.11 Å². The summed E-state index contributed by atoms with van der Waals surface area (Å²) in [6.07, 6.45) is 0. The molecule has 3 aromatic rings. The lowest BCUT2D eigenvalue weighted by Gasteiger charge is -2.26. The molecule has 0 aromatic heterocycles. The SMILES string of the molecule is COc1ccc(N(Cc2ccccc2O)C(=S)NCCSc2ccc(Cl)cc2)cc1. The standard InChI is InChI=1S/C23H23ClN2O2S2/c1-28-20-10-8-19(9-11-20)26(16-17-4-2-3-5-22(17)27)23(29)25-14-15-30-21-12-6-18(24)7-13-21/h2-13,27H,14-16H2,1H3,(H,25,29). The van der Waals surface area contributed by atoms with E-state index in [0.29, 0.717) is 18.2 Å². The Morgan fingerprint density at radius 1 is 1.07 bits per heavy atom. The van der Waals surface area contributed by atoms with Crippen LogP contribution in [0.4, 0.5) is 5.69 Å². The second-order valence-electron chi connectivity index (χ2n) is 6.45. The van der Waals surface area contributed by atoms with E-state index in [1.54, 1.807) is 31.0 Å². The van der Waals surface area contributed by atoms with Crippen molar-refractivity contribution in [3.63, 3.8) is 0 Å². The number of phenolic OH excluding ortho intramolecular Hbond substituents is 1. The summed E-state index contributed by atoms with van der Waals surface area (Å²) in [6, 6.07) is 22.8. The van der Waals surface area contributed by atoms with E-state index in [0.717, 1.165) is 32.7 Å². The molecule has 0 saturated heterocycles. The molecular weight excluding hydrogens is 436 g/mol. The molecule has 30 heavy (non-hydrogen) atoms. The van der Waals surface area contributed by atoms with Gasteiger partial charge in [0.05, 0.1) is 13.7 Å². The molecule has 7 heteroatoms. The number of nitrogens with one attached hydrogen (secondary N) is 1. The molecule has 0 unspecified atom stereocenters. The fourth-order valence-electron chi connectivity index (χ4n) is 2.81. The van der Waals surface area contributed by atoms with Gasteiger partial charge in [0.25, 0.3) is 0 Å². The number of benzene rings is 3. The Morgan fingerprint density at radius 2 is 1.77 bits per heavy atom. The lowest BCUT2D eigenvalue weighted by Crippen LogP contribution is -2.40. The van der Waals surface area contributed by atoms with E-state index in [2.05, 4.69) is 5.32 Å². The van der Waals surface area contributed by atoms with E-state index in [4.69, 9.17) is 28.6 Å². The van der Waals surface area contributed by atoms with E-state index < -0.39 is 0 Å². The summed E-state index contributed by atoms with van der Waals surface area (Å²) in [5.41, 5.74) is 1.72. The van der Waals surface area contributed by atoms with E-state index in [1.807, 2.05) is 65.6 Å². The average Bonchev–Trinajstić information content (AvgIpc) is 2.77. The molecule has 0 heterocycles. The molecule has 156 valence electrons. The van der Waals surface area contributed by atoms with Crippen molar-refractivity contribution in [2.45, 2.75) is 11.4 Å². The normalized spacial score (nSPS) is 10.5. The number of ether oxygens (including phenoxy) is 1. The molecule has 0 spiro atoms. The highest BCUT2D eigenvalue weighted by Crippen LogP contribution is 2.25. The summed E-state index contributed by atoms with van der Waals surface area (Å²) >= 11 is 13.4. The van der Waals surface area contributed by atoms with Crippen molar-refractivity contribution in [1.82, 2.24) is 5.32 Å². The number of phenols is 1. The number of nitrogens with zero attached hydrogens (tertiary/aromatic N) is 1. The fraction of sp³-hybridized carbons (Fsp3) is 0.174. The van der Waals surface area contributed by atoms with Gasteiger partial charge < -0.3 is 20.1 Å². The zero-order chi connectivity index (χ0) is 21.3. The summed E-state index contributed by atoms with van der Waals surface area (Å²) in [7, 11) is 1.64. The maximum Gasteiger partial charge on any atom is 0.173 e. The van der Waals surface area contributed by atoms with Gasteiger partial charge in [-0.1, -0.05) is 29.8 Å². The van der Waals surface area contributed by atoms with Gasteiger partial charge in [0.1, 0.15) is 11.5 Å². The third-order valence-electron chi connectivity index (χ3n) is 4.41. The van der Waals surface area contributed by atoms with Crippen molar-refractivity contribution < 1.29 is 9.84 Å². The topological polar surface area (TPSA) is 44.7 Å². The number of thioether (sulfide) groups is 1. The quantitative estimate of drug-likeness (QED) is 0.255. The lowest BCUT2D eigenvalue weighted by molar-refractivity contribution is 0.415. The smallest absolute Gasteiger partial charge is 0.173 e. The van der Waals surface area contributed by atoms with Gasteiger partial charge >= 0.3 is 0 Å². The summed E-state index contributed by atoms with van der Waals surface area (Å²) in [5, 5.41) is 14.9. The Labute approximate surface area is 191 Å². The van der Waals surface area contributed by atoms with E-state index >= 15 is 0 Å². The minimum Gasteiger partial charge on any atom is -0.508 e. The second kappa shape index (κ2) is 11.1. The number of methoxy groups -OCH3 is 1. The number of hydrogen-bond acceptors (Lipinski definition) is 4. The molecule has 0 fully saturated rings. The Morgan fingerprint density at radius 3 is 2.43 bits per heavy atom. The predicted molar refractivity (Wildman–Crippen MR) is 130 cm³/mol. The molecule has 0 aliphatic carbocycles. The second-order valence-corrected chi connectivity index (χ2v) is 8.44. The maximum absolute atomic E-state index is 10.2. The van der Waals surface area contributed by atoms with Gasteiger partial charge in [-0.3, -0.25) is 0 Å². The van der Waals surface area contributed by atoms with E-state index in [-0.39, 0.29) is 5.75 Å². The highest BCUT2D eigenvalue weighted by Gasteiger charge is 2.15. The zero-order valence-corrected chi connectivity index (χ0v) is 18.9. The maximum atomic E-state index is 10.2. The molecule has 2 N–H and O–H groups in total. The summed E-state index contributed by atoms with van der Waals surface area (Å²) in [6.45, 7) is 1.16. The molecule has 0 bridgehead atoms. The Hall–Kier alpha value is -2.41. The highest BCUT2D eigenvalue weighted by molar-refractivity contribution is 7.99. The Kier molecular flexibility index (Phi) is 8.25. The number of para-hydroxylation sites is 1. The van der Waals surface area contributed by atoms with Crippen LogP contribution in [0.3, 0.4) is 0 Å². The van der Waals surface area contributed by atoms with Crippen molar-refractivity contribution >= 4 is 46.4 Å². The number of aromatic hydroxyl groups is 1. The number of rotatable bonds is 8. The third-order valence-corrected chi connectivity index (χ3v) is 6.04. The molecule has 0 aliphatic rings. The largest absolute Gasteiger partial charge is 0.508 e. The zero-order valence-electron chi connectivity index (χ0n) is 16.5. The number of thiocarbonyl (C=S) groups is 1. The Balaban J connectivity index is 1.66. The molecule has 3 rings (SSSR count). The van der Waals surface area contributed by atoms with Gasteiger partial charge in [-0.15, -0.1) is 11.8 Å². The summed E-state index contributed by atoms with van der Waals surface area (Å²) < 4.78 is 5.26. The van der Waals surface area contributed by atoms with Crippen LogP contribution in [0, 0.1) is 0 Å². The number of anilines is 1. The van der Waals surface area contributed by atoms with Gasteiger partial charge in [0.2, 0.25) is 0 Å². The number of halogens is 1. The molecule has 3 aromatic carbocycles. The number of hydrogen-bond donors (Lipinski definition) is 2. The lowest BCUT2D eigenvalue weighted by atomic mass is 10.1. The minimum atomic E-state index is 0.247. The van der Waals surface area contributed by atoms with Crippen LogP contribution in [-0.2, 0) is 6.54 Å². The molecule has 0 saturated carbocycles. The minimum absolute atomic E-state index is 0.247. The van der Waals surface area contributed by atoms with Crippen LogP contribution in [0.25, 0.3) is 0 Å². The fourth-order valence-corrected chi connectivity index (χ4v) is 3.98. The molecule has 0 atom stereocenters. The van der Waals surface area contributed by atoms with Crippen LogP contribution in [0.5, 0.6) is 11.5 Å². The first-order valence-corrected chi connectivity index (χ1v) is 11.2. The van der Waals surface area contributed by atoms with Gasteiger partial charge in [0.15, 0.2) is 5.11 Å². The summed E-state index contributed by atoms with van der Waals surface area (Å²) in [4.78, 5) is 3.13.